The van der Waals surface area contributed by atoms with Crippen molar-refractivity contribution in [1.29, 1.82) is 0 Å². The van der Waals surface area contributed by atoms with Crippen LogP contribution in [-0.4, -0.2) is 24.5 Å². The molecule has 34 valence electrons. The number of likely N-dealkylation sites (tertiary alicyclic amines) is 1. The quantitative estimate of drug-likeness (QED) is 0.443. The maximum Gasteiger partial charge on any atom is 0.00162 e. The minimum atomic E-state index is 0.750. The van der Waals surface area contributed by atoms with Gasteiger partial charge in [0.1, 0.15) is 0 Å². The van der Waals surface area contributed by atoms with Crippen LogP contribution in [0.3, 0.4) is 0 Å². The maximum atomic E-state index is 5.26. The van der Waals surface area contributed by atoms with Gasteiger partial charge in [-0.2, -0.15) is 0 Å². The minimum absolute atomic E-state index is 0.750. The second kappa shape index (κ2) is 1.61. The summed E-state index contributed by atoms with van der Waals surface area (Å²) in [6.45, 7) is 8.45. The Balaban J connectivity index is 2.01. The summed E-state index contributed by atoms with van der Waals surface area (Å²) in [6, 6.07) is 0. The fraction of sp³-hybridized carbons (Fsp3) is 0.800. The number of rotatable bonds is 1. The Kier molecular flexibility index (Phi) is 1.10. The van der Waals surface area contributed by atoms with E-state index < -0.39 is 0 Å². The third-order valence-corrected chi connectivity index (χ3v) is 1.21. The zero-order chi connectivity index (χ0) is 4.41. The first-order valence-electron chi connectivity index (χ1n) is 2.36. The van der Waals surface area contributed by atoms with Gasteiger partial charge in [0.15, 0.2) is 0 Å². The van der Waals surface area contributed by atoms with Crippen molar-refractivity contribution in [3.05, 3.63) is 6.92 Å². The van der Waals surface area contributed by atoms with E-state index in [-0.39, 0.29) is 0 Å². The molecule has 1 saturated heterocycles. The van der Waals surface area contributed by atoms with Gasteiger partial charge < -0.3 is 4.90 Å². The first kappa shape index (κ1) is 4.13. The van der Waals surface area contributed by atoms with Crippen LogP contribution in [0.5, 0.6) is 0 Å². The molecule has 6 heavy (non-hydrogen) atoms. The SMILES string of the molecule is [CH]CN1CCC1. The largest absolute Gasteiger partial charge is 0.303 e. The Morgan fingerprint density at radius 1 is 1.50 bits per heavy atom. The van der Waals surface area contributed by atoms with Gasteiger partial charge in [0.25, 0.3) is 0 Å². The van der Waals surface area contributed by atoms with Crippen molar-refractivity contribution in [2.24, 2.45) is 0 Å². The molecule has 0 spiro atoms. The van der Waals surface area contributed by atoms with Crippen molar-refractivity contribution in [3.8, 4) is 0 Å². The topological polar surface area (TPSA) is 3.24 Å². The summed E-state index contributed by atoms with van der Waals surface area (Å²) in [5, 5.41) is 0. The Morgan fingerprint density at radius 3 is 2.17 bits per heavy atom. The van der Waals surface area contributed by atoms with Crippen LogP contribution in [-0.2, 0) is 0 Å². The Morgan fingerprint density at radius 2 is 2.17 bits per heavy atom. The highest BCUT2D eigenvalue weighted by Gasteiger charge is 2.08. The molecule has 0 aromatic carbocycles. The van der Waals surface area contributed by atoms with Crippen molar-refractivity contribution in [3.63, 3.8) is 0 Å². The molecule has 1 heterocycles. The first-order chi connectivity index (χ1) is 2.93. The van der Waals surface area contributed by atoms with E-state index in [4.69, 9.17) is 6.92 Å². The Bertz CT molecular complexity index is 36.4. The molecule has 0 amide bonds. The van der Waals surface area contributed by atoms with Gasteiger partial charge in [-0.3, -0.25) is 0 Å². The highest BCUT2D eigenvalue weighted by molar-refractivity contribution is 4.67. The molecule has 1 rings (SSSR count). The van der Waals surface area contributed by atoms with Gasteiger partial charge in [-0.25, -0.2) is 0 Å². The molecule has 0 bridgehead atoms. The van der Waals surface area contributed by atoms with Gasteiger partial charge in [-0.15, -0.1) is 0 Å². The van der Waals surface area contributed by atoms with Gasteiger partial charge in [0.05, 0.1) is 0 Å². The van der Waals surface area contributed by atoms with E-state index in [2.05, 4.69) is 4.90 Å². The van der Waals surface area contributed by atoms with Crippen LogP contribution in [0.15, 0.2) is 0 Å². The molecule has 1 aliphatic heterocycles. The van der Waals surface area contributed by atoms with Gasteiger partial charge in [-0.1, -0.05) is 0 Å². The zero-order valence-electron chi connectivity index (χ0n) is 3.85. The molecule has 2 radical (unpaired) electrons. The second-order valence-corrected chi connectivity index (χ2v) is 1.65. The van der Waals surface area contributed by atoms with E-state index >= 15 is 0 Å². The number of hydrogen-bond donors (Lipinski definition) is 0. The summed E-state index contributed by atoms with van der Waals surface area (Å²) >= 11 is 0. The van der Waals surface area contributed by atoms with Crippen LogP contribution >= 0.6 is 0 Å². The first-order valence-corrected chi connectivity index (χ1v) is 2.36. The van der Waals surface area contributed by atoms with Crippen LogP contribution in [0.2, 0.25) is 0 Å². The van der Waals surface area contributed by atoms with Crippen molar-refractivity contribution in [1.82, 2.24) is 4.90 Å². The lowest BCUT2D eigenvalue weighted by Gasteiger charge is -2.28. The third-order valence-electron chi connectivity index (χ3n) is 1.21. The molecule has 0 atom stereocenters. The third kappa shape index (κ3) is 0.548. The molecule has 0 N–H and O–H groups in total. The van der Waals surface area contributed by atoms with E-state index in [0.717, 1.165) is 6.54 Å². The fourth-order valence-electron chi connectivity index (χ4n) is 0.564. The molecule has 1 fully saturated rings. The molecule has 0 aromatic rings. The molecule has 1 aliphatic rings. The van der Waals surface area contributed by atoms with E-state index in [1.807, 2.05) is 0 Å². The highest BCUT2D eigenvalue weighted by atomic mass is 15.2. The Hall–Kier alpha value is -0.0400. The second-order valence-electron chi connectivity index (χ2n) is 1.65. The average Bonchev–Trinajstić information content (AvgIpc) is 1.31. The van der Waals surface area contributed by atoms with Gasteiger partial charge in [0.2, 0.25) is 0 Å². The summed E-state index contributed by atoms with van der Waals surface area (Å²) < 4.78 is 0. The molecule has 0 aromatic heterocycles. The molecule has 0 aliphatic carbocycles. The summed E-state index contributed by atoms with van der Waals surface area (Å²) in [7, 11) is 0. The lowest BCUT2D eigenvalue weighted by molar-refractivity contribution is 0.202. The molecular formula is C5H9N. The average molecular weight is 83.1 g/mol. The lowest BCUT2D eigenvalue weighted by atomic mass is 10.2. The van der Waals surface area contributed by atoms with Crippen LogP contribution in [0.4, 0.5) is 0 Å². The van der Waals surface area contributed by atoms with Crippen LogP contribution in [0.1, 0.15) is 6.42 Å². The van der Waals surface area contributed by atoms with Gasteiger partial charge in [0, 0.05) is 6.54 Å². The molecule has 0 saturated carbocycles. The smallest absolute Gasteiger partial charge is 0.00162 e. The Labute approximate surface area is 39.0 Å². The predicted molar refractivity (Wildman–Crippen MR) is 25.4 cm³/mol. The fourth-order valence-corrected chi connectivity index (χ4v) is 0.564. The molecule has 1 nitrogen and oxygen atoms in total. The summed E-state index contributed by atoms with van der Waals surface area (Å²) in [5.74, 6) is 0. The molecular weight excluding hydrogens is 74.1 g/mol. The van der Waals surface area contributed by atoms with Crippen LogP contribution in [0.25, 0.3) is 0 Å². The predicted octanol–water partition coefficient (Wildman–Crippen LogP) is 0.403. The highest BCUT2D eigenvalue weighted by Crippen LogP contribution is 2.02. The van der Waals surface area contributed by atoms with Crippen LogP contribution < -0.4 is 0 Å². The van der Waals surface area contributed by atoms with Crippen molar-refractivity contribution in [2.75, 3.05) is 19.6 Å². The maximum absolute atomic E-state index is 5.26. The molecule has 1 heteroatoms. The van der Waals surface area contributed by atoms with E-state index in [9.17, 15) is 0 Å². The van der Waals surface area contributed by atoms with Crippen molar-refractivity contribution in [2.45, 2.75) is 6.42 Å². The van der Waals surface area contributed by atoms with Crippen LogP contribution in [0, 0.1) is 6.92 Å². The summed E-state index contributed by atoms with van der Waals surface area (Å²) in [4.78, 5) is 2.21. The zero-order valence-corrected chi connectivity index (χ0v) is 3.85. The number of nitrogens with zero attached hydrogens (tertiary/aromatic N) is 1. The number of hydrogen-bond acceptors (Lipinski definition) is 1. The summed E-state index contributed by atoms with van der Waals surface area (Å²) in [6.07, 6.45) is 1.34. The van der Waals surface area contributed by atoms with Gasteiger partial charge in [-0.05, 0) is 26.4 Å². The van der Waals surface area contributed by atoms with Gasteiger partial charge >= 0.3 is 0 Å². The normalized spacial score (nSPS) is 23.5. The minimum Gasteiger partial charge on any atom is -0.303 e. The van der Waals surface area contributed by atoms with E-state index in [1.54, 1.807) is 0 Å². The van der Waals surface area contributed by atoms with E-state index in [1.165, 1.54) is 19.5 Å². The standard InChI is InChI=1S/C5H9N/c1-2-6-4-3-5-6/h1H,2-5H2. The van der Waals surface area contributed by atoms with Crippen molar-refractivity contribution < 1.29 is 0 Å². The van der Waals surface area contributed by atoms with E-state index in [0.29, 0.717) is 0 Å². The molecule has 0 unspecified atom stereocenters. The lowest BCUT2D eigenvalue weighted by Crippen LogP contribution is -2.36. The summed E-state index contributed by atoms with van der Waals surface area (Å²) in [5.41, 5.74) is 0. The monoisotopic (exact) mass is 83.1 g/mol. The van der Waals surface area contributed by atoms with Crippen molar-refractivity contribution >= 4 is 0 Å².